The van der Waals surface area contributed by atoms with Gasteiger partial charge in [0.05, 0.1) is 31.4 Å². The fraction of sp³-hybridized carbons (Fsp3) is 0.214. The molecule has 1 aromatic carbocycles. The fourth-order valence-electron chi connectivity index (χ4n) is 1.90. The predicted octanol–water partition coefficient (Wildman–Crippen LogP) is 0.476. The third kappa shape index (κ3) is 2.34. The van der Waals surface area contributed by atoms with Gasteiger partial charge in [0.15, 0.2) is 0 Å². The molecular weight excluding hydrogens is 258 g/mol. The first kappa shape index (κ1) is 13.6. The first-order chi connectivity index (χ1) is 9.58. The Morgan fingerprint density at radius 1 is 1.30 bits per heavy atom. The van der Waals surface area contributed by atoms with Crippen LogP contribution in [0.3, 0.4) is 0 Å². The molecule has 2 rings (SSSR count). The summed E-state index contributed by atoms with van der Waals surface area (Å²) in [5.74, 6) is 0.172. The van der Waals surface area contributed by atoms with Crippen molar-refractivity contribution in [1.82, 2.24) is 9.13 Å². The van der Waals surface area contributed by atoms with Gasteiger partial charge >= 0.3 is 5.69 Å². The van der Waals surface area contributed by atoms with E-state index in [2.05, 4.69) is 6.07 Å². The summed E-state index contributed by atoms with van der Waals surface area (Å²) in [6.45, 7) is 0.167. The number of nitriles is 1. The highest BCUT2D eigenvalue weighted by molar-refractivity contribution is 5.37. The van der Waals surface area contributed by atoms with Crippen LogP contribution in [0.1, 0.15) is 11.1 Å². The molecule has 0 fully saturated rings. The summed E-state index contributed by atoms with van der Waals surface area (Å²) < 4.78 is 7.39. The second-order valence-electron chi connectivity index (χ2n) is 4.22. The maximum Gasteiger partial charge on any atom is 0.333 e. The number of methoxy groups -OCH3 is 1. The van der Waals surface area contributed by atoms with Crippen molar-refractivity contribution in [2.45, 2.75) is 6.54 Å². The molecule has 102 valence electrons. The van der Waals surface area contributed by atoms with E-state index in [1.54, 1.807) is 24.3 Å². The zero-order valence-corrected chi connectivity index (χ0v) is 11.2. The van der Waals surface area contributed by atoms with Crippen LogP contribution < -0.4 is 16.0 Å². The summed E-state index contributed by atoms with van der Waals surface area (Å²) in [5, 5.41) is 9.07. The van der Waals surface area contributed by atoms with Crippen molar-refractivity contribution in [2.24, 2.45) is 7.05 Å². The Kier molecular flexibility index (Phi) is 3.71. The van der Waals surface area contributed by atoms with Gasteiger partial charge in [-0.25, -0.2) is 4.79 Å². The van der Waals surface area contributed by atoms with Gasteiger partial charge in [0.25, 0.3) is 5.56 Å². The van der Waals surface area contributed by atoms with Crippen LogP contribution in [0.25, 0.3) is 0 Å². The standard InChI is InChI=1S/C14H13N3O3/c1-16-12(18)7-13(20-2)17(14(16)19)9-11-6-4-3-5-10(11)8-15/h3-7H,9H2,1-2H3. The van der Waals surface area contributed by atoms with Gasteiger partial charge in [-0.1, -0.05) is 18.2 Å². The Morgan fingerprint density at radius 3 is 2.65 bits per heavy atom. The molecule has 0 bridgehead atoms. The van der Waals surface area contributed by atoms with Crippen molar-refractivity contribution in [1.29, 1.82) is 5.26 Å². The van der Waals surface area contributed by atoms with E-state index in [0.29, 0.717) is 11.1 Å². The quantitative estimate of drug-likeness (QED) is 0.813. The molecule has 0 aliphatic carbocycles. The highest BCUT2D eigenvalue weighted by atomic mass is 16.5. The van der Waals surface area contributed by atoms with E-state index < -0.39 is 11.2 Å². The Hall–Kier alpha value is -2.81. The molecule has 0 N–H and O–H groups in total. The Morgan fingerprint density at radius 2 is 2.00 bits per heavy atom. The molecule has 0 spiro atoms. The molecule has 0 atom stereocenters. The molecular formula is C14H13N3O3. The first-order valence-electron chi connectivity index (χ1n) is 5.91. The average molecular weight is 271 g/mol. The van der Waals surface area contributed by atoms with Crippen molar-refractivity contribution in [2.75, 3.05) is 7.11 Å². The van der Waals surface area contributed by atoms with Crippen LogP contribution in [0.5, 0.6) is 5.88 Å². The highest BCUT2D eigenvalue weighted by Gasteiger charge is 2.11. The molecule has 0 radical (unpaired) electrons. The van der Waals surface area contributed by atoms with Crippen LogP contribution in [-0.2, 0) is 13.6 Å². The van der Waals surface area contributed by atoms with Crippen molar-refractivity contribution >= 4 is 0 Å². The first-order valence-corrected chi connectivity index (χ1v) is 5.91. The van der Waals surface area contributed by atoms with Gasteiger partial charge in [-0.05, 0) is 11.6 Å². The zero-order chi connectivity index (χ0) is 14.7. The number of hydrogen-bond acceptors (Lipinski definition) is 4. The number of rotatable bonds is 3. The van der Waals surface area contributed by atoms with E-state index in [9.17, 15) is 9.59 Å². The van der Waals surface area contributed by atoms with E-state index >= 15 is 0 Å². The maximum atomic E-state index is 12.1. The highest BCUT2D eigenvalue weighted by Crippen LogP contribution is 2.12. The number of ether oxygens (including phenoxy) is 1. The molecule has 0 aliphatic rings. The molecule has 6 heteroatoms. The summed E-state index contributed by atoms with van der Waals surface area (Å²) in [6, 6.07) is 10.3. The van der Waals surface area contributed by atoms with E-state index in [0.717, 1.165) is 4.57 Å². The number of hydrogen-bond donors (Lipinski definition) is 0. The molecule has 6 nitrogen and oxygen atoms in total. The lowest BCUT2D eigenvalue weighted by Gasteiger charge is -2.13. The molecule has 0 aliphatic heterocycles. The van der Waals surface area contributed by atoms with Crippen molar-refractivity contribution in [3.8, 4) is 11.9 Å². The SMILES string of the molecule is COc1cc(=O)n(C)c(=O)n1Cc1ccccc1C#N. The predicted molar refractivity (Wildman–Crippen MR) is 72.8 cm³/mol. The second kappa shape index (κ2) is 5.45. The van der Waals surface area contributed by atoms with E-state index in [1.807, 2.05) is 0 Å². The minimum absolute atomic E-state index is 0.167. The van der Waals surface area contributed by atoms with Gasteiger partial charge in [-0.2, -0.15) is 5.26 Å². The van der Waals surface area contributed by atoms with Gasteiger partial charge in [-0.3, -0.25) is 13.9 Å². The van der Waals surface area contributed by atoms with Gasteiger partial charge in [0, 0.05) is 7.05 Å². The third-order valence-electron chi connectivity index (χ3n) is 3.04. The smallest absolute Gasteiger partial charge is 0.333 e. The Labute approximate surface area is 115 Å². The van der Waals surface area contributed by atoms with Crippen molar-refractivity contribution in [3.05, 3.63) is 62.3 Å². The van der Waals surface area contributed by atoms with Crippen LogP contribution in [0, 0.1) is 11.3 Å². The summed E-state index contributed by atoms with van der Waals surface area (Å²) in [5.41, 5.74) is 0.253. The zero-order valence-electron chi connectivity index (χ0n) is 11.2. The topological polar surface area (TPSA) is 77.0 Å². The van der Waals surface area contributed by atoms with Gasteiger partial charge in [0.2, 0.25) is 5.88 Å². The van der Waals surface area contributed by atoms with Crippen LogP contribution in [-0.4, -0.2) is 16.2 Å². The molecule has 1 heterocycles. The molecule has 0 amide bonds. The summed E-state index contributed by atoms with van der Waals surface area (Å²) in [4.78, 5) is 23.7. The van der Waals surface area contributed by atoms with Gasteiger partial charge < -0.3 is 4.74 Å². The molecule has 2 aromatic rings. The van der Waals surface area contributed by atoms with E-state index in [1.165, 1.54) is 24.8 Å². The second-order valence-corrected chi connectivity index (χ2v) is 4.22. The van der Waals surface area contributed by atoms with Gasteiger partial charge in [-0.15, -0.1) is 0 Å². The van der Waals surface area contributed by atoms with Crippen LogP contribution in [0.4, 0.5) is 0 Å². The number of nitrogens with zero attached hydrogens (tertiary/aromatic N) is 3. The largest absolute Gasteiger partial charge is 0.482 e. The normalized spacial score (nSPS) is 10.1. The van der Waals surface area contributed by atoms with Crippen LogP contribution >= 0.6 is 0 Å². The lowest BCUT2D eigenvalue weighted by atomic mass is 10.1. The van der Waals surface area contributed by atoms with Crippen molar-refractivity contribution in [3.63, 3.8) is 0 Å². The van der Waals surface area contributed by atoms with Crippen LogP contribution in [0.15, 0.2) is 39.9 Å². The minimum atomic E-state index is -0.484. The van der Waals surface area contributed by atoms with Crippen LogP contribution in [0.2, 0.25) is 0 Å². The van der Waals surface area contributed by atoms with Crippen molar-refractivity contribution < 1.29 is 4.74 Å². The average Bonchev–Trinajstić information content (AvgIpc) is 2.48. The summed E-state index contributed by atoms with van der Waals surface area (Å²) in [7, 11) is 2.79. The van der Waals surface area contributed by atoms with Gasteiger partial charge in [0.1, 0.15) is 0 Å². The molecule has 20 heavy (non-hydrogen) atoms. The summed E-state index contributed by atoms with van der Waals surface area (Å²) in [6.07, 6.45) is 0. The van der Waals surface area contributed by atoms with E-state index in [-0.39, 0.29) is 12.4 Å². The lowest BCUT2D eigenvalue weighted by Crippen LogP contribution is -2.38. The van der Waals surface area contributed by atoms with E-state index in [4.69, 9.17) is 10.00 Å². The molecule has 1 aromatic heterocycles. The number of benzene rings is 1. The molecule has 0 unspecified atom stereocenters. The Balaban J connectivity index is 2.60. The molecule has 0 saturated carbocycles. The Bertz CT molecular complexity index is 797. The monoisotopic (exact) mass is 271 g/mol. The summed E-state index contributed by atoms with van der Waals surface area (Å²) >= 11 is 0. The maximum absolute atomic E-state index is 12.1. The minimum Gasteiger partial charge on any atom is -0.482 e. The molecule has 0 saturated heterocycles. The third-order valence-corrected chi connectivity index (χ3v) is 3.04. The fourth-order valence-corrected chi connectivity index (χ4v) is 1.90. The lowest BCUT2D eigenvalue weighted by molar-refractivity contribution is 0.362. The number of aromatic nitrogens is 2.